The van der Waals surface area contributed by atoms with Gasteiger partial charge in [-0.25, -0.2) is 9.37 Å². The Balaban J connectivity index is 1.68. The number of pyridine rings is 1. The van der Waals surface area contributed by atoms with Gasteiger partial charge >= 0.3 is 0 Å². The van der Waals surface area contributed by atoms with Gasteiger partial charge in [0.05, 0.1) is 17.5 Å². The molecule has 30 heavy (non-hydrogen) atoms. The van der Waals surface area contributed by atoms with Gasteiger partial charge in [-0.1, -0.05) is 31.2 Å². The first-order valence-electron chi connectivity index (χ1n) is 10.4. The number of carbonyl (C=O) groups is 2. The van der Waals surface area contributed by atoms with Crippen LogP contribution in [0, 0.1) is 24.6 Å². The van der Waals surface area contributed by atoms with Crippen molar-refractivity contribution in [2.75, 3.05) is 4.90 Å². The average molecular weight is 406 g/mol. The summed E-state index contributed by atoms with van der Waals surface area (Å²) in [7, 11) is 0. The fraction of sp³-hybridized carbons (Fsp3) is 0.375. The molecule has 1 saturated carbocycles. The smallest absolute Gasteiger partial charge is 0.295 e. The van der Waals surface area contributed by atoms with Crippen LogP contribution in [0.1, 0.15) is 43.5 Å². The highest BCUT2D eigenvalue weighted by Crippen LogP contribution is 2.48. The zero-order valence-corrected chi connectivity index (χ0v) is 17.0. The first-order chi connectivity index (χ1) is 14.5. The average Bonchev–Trinajstić information content (AvgIpc) is 3.01. The van der Waals surface area contributed by atoms with Crippen molar-refractivity contribution in [2.45, 2.75) is 45.3 Å². The second-order valence-corrected chi connectivity index (χ2v) is 8.52. The molecule has 3 heterocycles. The van der Waals surface area contributed by atoms with Gasteiger partial charge in [-0.05, 0) is 50.3 Å². The monoisotopic (exact) mass is 406 g/mol. The maximum atomic E-state index is 14.9. The number of hydrogen-bond acceptors (Lipinski definition) is 4. The number of carbonyl (C=O) groups excluding carboxylic acids is 2. The van der Waals surface area contributed by atoms with Crippen LogP contribution in [0.15, 0.2) is 53.8 Å². The van der Waals surface area contributed by atoms with Gasteiger partial charge in [0.15, 0.2) is 11.5 Å². The molecular formula is C24H23FN2O3. The van der Waals surface area contributed by atoms with E-state index in [1.54, 1.807) is 30.3 Å². The van der Waals surface area contributed by atoms with E-state index in [4.69, 9.17) is 4.74 Å². The summed E-state index contributed by atoms with van der Waals surface area (Å²) in [5.41, 5.74) is 1.27. The van der Waals surface area contributed by atoms with Crippen molar-refractivity contribution in [2.24, 2.45) is 11.8 Å². The van der Waals surface area contributed by atoms with Crippen molar-refractivity contribution in [1.29, 1.82) is 0 Å². The zero-order valence-electron chi connectivity index (χ0n) is 17.0. The number of ether oxygens (including phenoxy) is 1. The van der Waals surface area contributed by atoms with Crippen molar-refractivity contribution >= 4 is 17.5 Å². The number of anilines is 1. The Hall–Kier alpha value is -3.02. The van der Waals surface area contributed by atoms with Gasteiger partial charge in [-0.3, -0.25) is 14.5 Å². The molecule has 5 rings (SSSR count). The maximum absolute atomic E-state index is 14.9. The molecule has 0 radical (unpaired) electrons. The molecule has 1 amide bonds. The number of halogens is 1. The standard InChI is InChI=1S/C24H23FN2O3/c1-13-10-11-18-16(12-13)22(28)20-21(15-7-3-4-8-17(15)25)27(24(29)23(20)30-18)19-9-5-6-14(2)26-19/h3-9,13,16,18,21H,10-12H2,1-2H3. The molecule has 154 valence electrons. The lowest BCUT2D eigenvalue weighted by Crippen LogP contribution is -2.41. The number of rotatable bonds is 2. The second-order valence-electron chi connectivity index (χ2n) is 8.52. The van der Waals surface area contributed by atoms with Crippen molar-refractivity contribution in [3.63, 3.8) is 0 Å². The summed E-state index contributed by atoms with van der Waals surface area (Å²) in [6.45, 7) is 3.96. The molecule has 3 aliphatic rings. The SMILES string of the molecule is Cc1cccc(N2C(=O)C3=C(C(=O)C4CC(C)CCC4O3)C2c2ccccc2F)n1. The Labute approximate surface area is 174 Å². The van der Waals surface area contributed by atoms with Gasteiger partial charge in [0, 0.05) is 11.3 Å². The highest BCUT2D eigenvalue weighted by molar-refractivity contribution is 6.17. The van der Waals surface area contributed by atoms with E-state index < -0.39 is 17.8 Å². The lowest BCUT2D eigenvalue weighted by atomic mass is 9.74. The summed E-state index contributed by atoms with van der Waals surface area (Å²) < 4.78 is 21.0. The summed E-state index contributed by atoms with van der Waals surface area (Å²) in [4.78, 5) is 33.0. The number of ketones is 1. The largest absolute Gasteiger partial charge is 0.483 e. The number of nitrogens with zero attached hydrogens (tertiary/aromatic N) is 2. The third-order valence-electron chi connectivity index (χ3n) is 6.43. The number of amides is 1. The van der Waals surface area contributed by atoms with Crippen LogP contribution in [0.5, 0.6) is 0 Å². The van der Waals surface area contributed by atoms with Gasteiger partial charge in [-0.15, -0.1) is 0 Å². The minimum absolute atomic E-state index is 0.0624. The highest BCUT2D eigenvalue weighted by Gasteiger charge is 2.53. The van der Waals surface area contributed by atoms with Crippen molar-refractivity contribution in [3.05, 3.63) is 70.9 Å². The number of fused-ring (bicyclic) bond motifs is 1. The third kappa shape index (κ3) is 2.85. The topological polar surface area (TPSA) is 59.5 Å². The van der Waals surface area contributed by atoms with E-state index in [2.05, 4.69) is 11.9 Å². The Morgan fingerprint density at radius 1 is 1.10 bits per heavy atom. The Bertz CT molecular complexity index is 1080. The Morgan fingerprint density at radius 2 is 1.90 bits per heavy atom. The molecule has 2 aromatic rings. The summed E-state index contributed by atoms with van der Waals surface area (Å²) in [5, 5.41) is 0. The van der Waals surface area contributed by atoms with Crippen molar-refractivity contribution in [3.8, 4) is 0 Å². The van der Waals surface area contributed by atoms with Gasteiger partial charge < -0.3 is 4.74 Å². The molecule has 1 fully saturated rings. The lowest BCUT2D eigenvalue weighted by Gasteiger charge is -2.37. The molecule has 4 unspecified atom stereocenters. The van der Waals surface area contributed by atoms with Crippen LogP contribution in [-0.4, -0.2) is 22.8 Å². The maximum Gasteiger partial charge on any atom is 0.295 e. The molecule has 6 heteroatoms. The van der Waals surface area contributed by atoms with Crippen molar-refractivity contribution in [1.82, 2.24) is 4.98 Å². The summed E-state index contributed by atoms with van der Waals surface area (Å²) in [6.07, 6.45) is 2.14. The normalized spacial score (nSPS) is 28.3. The van der Waals surface area contributed by atoms with E-state index in [0.717, 1.165) is 25.0 Å². The minimum Gasteiger partial charge on any atom is -0.483 e. The predicted molar refractivity (Wildman–Crippen MR) is 109 cm³/mol. The van der Waals surface area contributed by atoms with E-state index in [9.17, 15) is 14.0 Å². The van der Waals surface area contributed by atoms with Crippen LogP contribution in [0.4, 0.5) is 10.2 Å². The van der Waals surface area contributed by atoms with Crippen LogP contribution in [-0.2, 0) is 14.3 Å². The number of aromatic nitrogens is 1. The fourth-order valence-corrected chi connectivity index (χ4v) is 4.97. The van der Waals surface area contributed by atoms with Gasteiger partial charge in [0.25, 0.3) is 5.91 Å². The fourth-order valence-electron chi connectivity index (χ4n) is 4.97. The first-order valence-corrected chi connectivity index (χ1v) is 10.4. The zero-order chi connectivity index (χ0) is 21.0. The molecule has 0 bridgehead atoms. The molecular weight excluding hydrogens is 383 g/mol. The molecule has 1 aromatic carbocycles. The molecule has 5 nitrogen and oxygen atoms in total. The van der Waals surface area contributed by atoms with E-state index in [1.807, 2.05) is 13.0 Å². The summed E-state index contributed by atoms with van der Waals surface area (Å²) in [6, 6.07) is 10.7. The molecule has 1 aliphatic carbocycles. The van der Waals surface area contributed by atoms with E-state index >= 15 is 0 Å². The number of aryl methyl sites for hydroxylation is 1. The van der Waals surface area contributed by atoms with Crippen LogP contribution in [0.25, 0.3) is 0 Å². The molecule has 0 N–H and O–H groups in total. The van der Waals surface area contributed by atoms with E-state index in [1.165, 1.54) is 11.0 Å². The molecule has 2 aliphatic heterocycles. The molecule has 0 spiro atoms. The van der Waals surface area contributed by atoms with E-state index in [-0.39, 0.29) is 34.7 Å². The third-order valence-corrected chi connectivity index (χ3v) is 6.43. The molecule has 1 aromatic heterocycles. The minimum atomic E-state index is -0.881. The molecule has 4 atom stereocenters. The van der Waals surface area contributed by atoms with Crippen LogP contribution in [0.2, 0.25) is 0 Å². The number of hydrogen-bond donors (Lipinski definition) is 0. The summed E-state index contributed by atoms with van der Waals surface area (Å²) in [5.74, 6) is -0.415. The van der Waals surface area contributed by atoms with Crippen LogP contribution < -0.4 is 4.90 Å². The van der Waals surface area contributed by atoms with E-state index in [0.29, 0.717) is 11.7 Å². The van der Waals surface area contributed by atoms with Crippen LogP contribution >= 0.6 is 0 Å². The van der Waals surface area contributed by atoms with Crippen LogP contribution in [0.3, 0.4) is 0 Å². The van der Waals surface area contributed by atoms with Gasteiger partial charge in [-0.2, -0.15) is 0 Å². The number of Topliss-reactive ketones (excluding diaryl/α,β-unsaturated/α-hetero) is 1. The quantitative estimate of drug-likeness (QED) is 0.747. The summed E-state index contributed by atoms with van der Waals surface area (Å²) >= 11 is 0. The molecule has 0 saturated heterocycles. The predicted octanol–water partition coefficient (Wildman–Crippen LogP) is 4.28. The highest BCUT2D eigenvalue weighted by atomic mass is 19.1. The number of benzene rings is 1. The lowest BCUT2D eigenvalue weighted by molar-refractivity contribution is -0.132. The Kier molecular flexibility index (Phi) is 4.45. The second kappa shape index (κ2) is 7.04. The van der Waals surface area contributed by atoms with Gasteiger partial charge in [0.2, 0.25) is 0 Å². The van der Waals surface area contributed by atoms with Gasteiger partial charge in [0.1, 0.15) is 17.7 Å². The Morgan fingerprint density at radius 3 is 2.67 bits per heavy atom. The first kappa shape index (κ1) is 19.0. The van der Waals surface area contributed by atoms with Crippen molar-refractivity contribution < 1.29 is 18.7 Å².